The van der Waals surface area contributed by atoms with Crippen LogP contribution < -0.4 is 11.1 Å². The van der Waals surface area contributed by atoms with E-state index in [2.05, 4.69) is 21.6 Å². The Labute approximate surface area is 93.2 Å². The molecular formula is C9H16N4OS. The summed E-state index contributed by atoms with van der Waals surface area (Å²) in [5.41, 5.74) is 5.46. The monoisotopic (exact) mass is 228 g/mol. The van der Waals surface area contributed by atoms with Crippen LogP contribution in [0.3, 0.4) is 0 Å². The molecule has 2 heterocycles. The van der Waals surface area contributed by atoms with Crippen molar-refractivity contribution < 1.29 is 4.74 Å². The zero-order valence-electron chi connectivity index (χ0n) is 8.77. The van der Waals surface area contributed by atoms with Crippen LogP contribution in [-0.4, -0.2) is 28.6 Å². The van der Waals surface area contributed by atoms with Gasteiger partial charge in [0, 0.05) is 30.8 Å². The molecule has 0 amide bonds. The Balaban J connectivity index is 1.88. The molecule has 84 valence electrons. The third kappa shape index (κ3) is 2.79. The fourth-order valence-corrected chi connectivity index (χ4v) is 2.42. The summed E-state index contributed by atoms with van der Waals surface area (Å²) >= 11 is 1.31. The fraction of sp³-hybridized carbons (Fsp3) is 0.778. The molecule has 5 nitrogen and oxygen atoms in total. The number of hydrogen-bond acceptors (Lipinski definition) is 6. The molecule has 1 saturated heterocycles. The Morgan fingerprint density at radius 2 is 2.27 bits per heavy atom. The van der Waals surface area contributed by atoms with Gasteiger partial charge < -0.3 is 15.8 Å². The largest absolute Gasteiger partial charge is 0.381 e. The van der Waals surface area contributed by atoms with Gasteiger partial charge >= 0.3 is 0 Å². The van der Waals surface area contributed by atoms with Crippen molar-refractivity contribution in [2.24, 2.45) is 5.92 Å². The second-order valence-corrected chi connectivity index (χ2v) is 4.59. The van der Waals surface area contributed by atoms with Gasteiger partial charge in [0.05, 0.1) is 0 Å². The third-order valence-corrected chi connectivity index (χ3v) is 3.43. The standard InChI is InChI=1S/C9H16N4OS/c1-6(7-2-4-14-5-3-7)11-9-12-8(10)13-15-9/h6-7H,2-5H2,1H3,(H3,10,11,12,13). The predicted molar refractivity (Wildman–Crippen MR) is 60.9 cm³/mol. The number of aromatic nitrogens is 2. The van der Waals surface area contributed by atoms with Gasteiger partial charge in [0.25, 0.3) is 0 Å². The highest BCUT2D eigenvalue weighted by molar-refractivity contribution is 7.09. The van der Waals surface area contributed by atoms with Gasteiger partial charge in [0.2, 0.25) is 11.1 Å². The first-order chi connectivity index (χ1) is 7.25. The highest BCUT2D eigenvalue weighted by Gasteiger charge is 2.21. The molecule has 15 heavy (non-hydrogen) atoms. The number of nitrogens with two attached hydrogens (primary N) is 1. The Kier molecular flexibility index (Phi) is 3.37. The quantitative estimate of drug-likeness (QED) is 0.817. The number of nitrogens with zero attached hydrogens (tertiary/aromatic N) is 2. The summed E-state index contributed by atoms with van der Waals surface area (Å²) in [6.45, 7) is 3.91. The van der Waals surface area contributed by atoms with E-state index in [4.69, 9.17) is 10.5 Å². The van der Waals surface area contributed by atoms with Crippen molar-refractivity contribution in [1.82, 2.24) is 9.36 Å². The second kappa shape index (κ2) is 4.76. The van der Waals surface area contributed by atoms with E-state index in [0.29, 0.717) is 17.9 Å². The number of nitrogen functional groups attached to an aromatic ring is 1. The van der Waals surface area contributed by atoms with Crippen molar-refractivity contribution in [2.45, 2.75) is 25.8 Å². The molecule has 0 aliphatic carbocycles. The zero-order valence-corrected chi connectivity index (χ0v) is 9.59. The lowest BCUT2D eigenvalue weighted by Crippen LogP contribution is -2.30. The van der Waals surface area contributed by atoms with Crippen LogP contribution in [0.5, 0.6) is 0 Å². The maximum absolute atomic E-state index is 5.46. The summed E-state index contributed by atoms with van der Waals surface area (Å²) in [5, 5.41) is 4.15. The van der Waals surface area contributed by atoms with Gasteiger partial charge in [0.15, 0.2) is 0 Å². The van der Waals surface area contributed by atoms with Gasteiger partial charge in [-0.2, -0.15) is 9.36 Å². The van der Waals surface area contributed by atoms with Crippen LogP contribution in [0.25, 0.3) is 0 Å². The van der Waals surface area contributed by atoms with Crippen LogP contribution in [0, 0.1) is 5.92 Å². The Hall–Kier alpha value is -0.880. The second-order valence-electron chi connectivity index (χ2n) is 3.84. The molecule has 0 saturated carbocycles. The first-order valence-corrected chi connectivity index (χ1v) is 5.96. The zero-order chi connectivity index (χ0) is 10.7. The molecule has 1 aromatic heterocycles. The predicted octanol–water partition coefficient (Wildman–Crippen LogP) is 1.35. The van der Waals surface area contributed by atoms with E-state index in [0.717, 1.165) is 31.2 Å². The molecule has 0 bridgehead atoms. The van der Waals surface area contributed by atoms with Crippen molar-refractivity contribution in [2.75, 3.05) is 24.3 Å². The van der Waals surface area contributed by atoms with Gasteiger partial charge in [-0.3, -0.25) is 0 Å². The normalized spacial score (nSPS) is 20.1. The lowest BCUT2D eigenvalue weighted by molar-refractivity contribution is 0.0622. The number of hydrogen-bond donors (Lipinski definition) is 2. The molecule has 3 N–H and O–H groups in total. The van der Waals surface area contributed by atoms with E-state index < -0.39 is 0 Å². The highest BCUT2D eigenvalue weighted by atomic mass is 32.1. The van der Waals surface area contributed by atoms with Crippen LogP contribution in [0.15, 0.2) is 0 Å². The van der Waals surface area contributed by atoms with Gasteiger partial charge in [0.1, 0.15) is 0 Å². The van der Waals surface area contributed by atoms with Crippen LogP contribution in [0.1, 0.15) is 19.8 Å². The van der Waals surface area contributed by atoms with Crippen molar-refractivity contribution in [1.29, 1.82) is 0 Å². The summed E-state index contributed by atoms with van der Waals surface area (Å²) in [7, 11) is 0. The molecule has 1 unspecified atom stereocenters. The first-order valence-electron chi connectivity index (χ1n) is 5.19. The lowest BCUT2D eigenvalue weighted by Gasteiger charge is -2.27. The van der Waals surface area contributed by atoms with Gasteiger partial charge in [-0.1, -0.05) is 0 Å². The van der Waals surface area contributed by atoms with Gasteiger partial charge in [-0.05, 0) is 25.7 Å². The average molecular weight is 228 g/mol. The Morgan fingerprint density at radius 3 is 2.87 bits per heavy atom. The Morgan fingerprint density at radius 1 is 1.53 bits per heavy atom. The molecule has 0 aromatic carbocycles. The lowest BCUT2D eigenvalue weighted by atomic mass is 9.93. The summed E-state index contributed by atoms with van der Waals surface area (Å²) in [6.07, 6.45) is 2.23. The molecule has 1 aromatic rings. The molecule has 0 spiro atoms. The van der Waals surface area contributed by atoms with Crippen LogP contribution in [0.4, 0.5) is 11.1 Å². The molecule has 1 atom stereocenters. The molecule has 0 radical (unpaired) electrons. The maximum atomic E-state index is 5.46. The average Bonchev–Trinajstić information content (AvgIpc) is 2.65. The molecular weight excluding hydrogens is 212 g/mol. The molecule has 1 aliphatic heterocycles. The topological polar surface area (TPSA) is 73.1 Å². The summed E-state index contributed by atoms with van der Waals surface area (Å²) in [4.78, 5) is 4.09. The van der Waals surface area contributed by atoms with Crippen LogP contribution >= 0.6 is 11.5 Å². The number of ether oxygens (including phenoxy) is 1. The van der Waals surface area contributed by atoms with E-state index in [9.17, 15) is 0 Å². The van der Waals surface area contributed by atoms with E-state index in [1.807, 2.05) is 0 Å². The van der Waals surface area contributed by atoms with Crippen LogP contribution in [-0.2, 0) is 4.74 Å². The van der Waals surface area contributed by atoms with Crippen LogP contribution in [0.2, 0.25) is 0 Å². The summed E-state index contributed by atoms with van der Waals surface area (Å²) in [6, 6.07) is 0.404. The van der Waals surface area contributed by atoms with Gasteiger partial charge in [-0.25, -0.2) is 0 Å². The summed E-state index contributed by atoms with van der Waals surface area (Å²) < 4.78 is 9.27. The number of anilines is 2. The van der Waals surface area contributed by atoms with E-state index in [1.165, 1.54) is 11.5 Å². The molecule has 6 heteroatoms. The van der Waals surface area contributed by atoms with Crippen molar-refractivity contribution >= 4 is 22.6 Å². The van der Waals surface area contributed by atoms with Gasteiger partial charge in [-0.15, -0.1) is 0 Å². The SMILES string of the molecule is CC(Nc1nc(N)ns1)C1CCOCC1. The minimum Gasteiger partial charge on any atom is -0.381 e. The minimum atomic E-state index is 0.349. The highest BCUT2D eigenvalue weighted by Crippen LogP contribution is 2.22. The van der Waals surface area contributed by atoms with Crippen molar-refractivity contribution in [3.63, 3.8) is 0 Å². The first kappa shape index (κ1) is 10.6. The van der Waals surface area contributed by atoms with E-state index in [-0.39, 0.29) is 0 Å². The Bertz CT molecular complexity index is 311. The van der Waals surface area contributed by atoms with Crippen molar-refractivity contribution in [3.05, 3.63) is 0 Å². The molecule has 1 fully saturated rings. The molecule has 2 rings (SSSR count). The van der Waals surface area contributed by atoms with E-state index >= 15 is 0 Å². The third-order valence-electron chi connectivity index (χ3n) is 2.77. The molecule has 1 aliphatic rings. The van der Waals surface area contributed by atoms with Crippen molar-refractivity contribution in [3.8, 4) is 0 Å². The smallest absolute Gasteiger partial charge is 0.233 e. The minimum absolute atomic E-state index is 0.349. The fourth-order valence-electron chi connectivity index (χ4n) is 1.82. The summed E-state index contributed by atoms with van der Waals surface area (Å²) in [5.74, 6) is 1.01. The number of rotatable bonds is 3. The number of nitrogens with one attached hydrogen (secondary N) is 1. The maximum Gasteiger partial charge on any atom is 0.233 e. The van der Waals surface area contributed by atoms with E-state index in [1.54, 1.807) is 0 Å².